The lowest BCUT2D eigenvalue weighted by atomic mass is 9.99. The van der Waals surface area contributed by atoms with Crippen LogP contribution in [0.2, 0.25) is 0 Å². The van der Waals surface area contributed by atoms with Gasteiger partial charge in [-0.05, 0) is 96.6 Å². The molecule has 0 atom stereocenters. The van der Waals surface area contributed by atoms with Crippen LogP contribution in [0.5, 0.6) is 0 Å². The van der Waals surface area contributed by atoms with Gasteiger partial charge in [0.05, 0.1) is 11.0 Å². The normalized spacial score (nSPS) is 12.8. The van der Waals surface area contributed by atoms with E-state index in [1.165, 1.54) is 54.0 Å². The van der Waals surface area contributed by atoms with Crippen molar-refractivity contribution in [2.24, 2.45) is 0 Å². The Hall–Kier alpha value is -8.97. The van der Waals surface area contributed by atoms with Gasteiger partial charge in [0.15, 0.2) is 19.7 Å². The second kappa shape index (κ2) is 15.6. The van der Waals surface area contributed by atoms with Gasteiger partial charge in [-0.1, -0.05) is 206 Å². The molecule has 0 amide bonds. The van der Waals surface area contributed by atoms with Crippen molar-refractivity contribution in [1.82, 2.24) is 19.5 Å². The SMILES string of the molecule is c1ccc(-c2cccc(N(c3ccccc3)c3ccc4c5c6c(ccc5n(-c5nc(-c7ccccc7)nc(-c7ccccc7)n5)c4c3)[Si]3(c4ccccc4-c4ccccc43)c3ccccc3-6)c2)cc1. The monoisotopic (exact) mass is 895 g/mol. The fourth-order valence-electron chi connectivity index (χ4n) is 11.4. The van der Waals surface area contributed by atoms with Gasteiger partial charge >= 0.3 is 0 Å². The van der Waals surface area contributed by atoms with Crippen LogP contribution in [0.15, 0.2) is 249 Å². The highest BCUT2D eigenvalue weighted by atomic mass is 28.3. The fourth-order valence-corrected chi connectivity index (χ4v) is 17.0. The molecule has 322 valence electrons. The highest BCUT2D eigenvalue weighted by Gasteiger charge is 2.54. The Labute approximate surface area is 401 Å². The molecule has 2 aliphatic heterocycles. The Balaban J connectivity index is 1.09. The summed E-state index contributed by atoms with van der Waals surface area (Å²) in [6.45, 7) is 0. The molecule has 69 heavy (non-hydrogen) atoms. The highest BCUT2D eigenvalue weighted by molar-refractivity contribution is 7.24. The average Bonchev–Trinajstić information content (AvgIpc) is 4.03. The van der Waals surface area contributed by atoms with Gasteiger partial charge in [0, 0.05) is 39.0 Å². The lowest BCUT2D eigenvalue weighted by Crippen LogP contribution is -2.70. The van der Waals surface area contributed by atoms with Gasteiger partial charge in [-0.3, -0.25) is 4.57 Å². The molecule has 10 aromatic carbocycles. The van der Waals surface area contributed by atoms with Crippen molar-refractivity contribution in [2.75, 3.05) is 4.90 Å². The van der Waals surface area contributed by atoms with Gasteiger partial charge in [0.25, 0.3) is 0 Å². The fraction of sp³-hybridized carbons (Fsp3) is 0. The number of benzene rings is 10. The molecule has 0 aliphatic carbocycles. The topological polar surface area (TPSA) is 46.8 Å². The smallest absolute Gasteiger partial charge is 0.238 e. The van der Waals surface area contributed by atoms with E-state index < -0.39 is 8.07 Å². The first kappa shape index (κ1) is 39.2. The van der Waals surface area contributed by atoms with Gasteiger partial charge in [0.2, 0.25) is 5.95 Å². The van der Waals surface area contributed by atoms with Crippen LogP contribution in [-0.4, -0.2) is 27.6 Å². The van der Waals surface area contributed by atoms with Gasteiger partial charge in [-0.25, -0.2) is 4.98 Å². The molecular formula is C63H41N5Si. The van der Waals surface area contributed by atoms with E-state index in [1.54, 1.807) is 0 Å². The van der Waals surface area contributed by atoms with Crippen molar-refractivity contribution in [1.29, 1.82) is 0 Å². The Morgan fingerprint density at radius 3 is 1.45 bits per heavy atom. The number of hydrogen-bond donors (Lipinski definition) is 0. The van der Waals surface area contributed by atoms with Gasteiger partial charge in [-0.2, -0.15) is 9.97 Å². The maximum atomic E-state index is 5.41. The van der Waals surface area contributed by atoms with Crippen molar-refractivity contribution in [2.45, 2.75) is 0 Å². The molecule has 6 heteroatoms. The number of fused-ring (bicyclic) bond motifs is 14. The first-order valence-electron chi connectivity index (χ1n) is 23.5. The largest absolute Gasteiger partial charge is 0.310 e. The van der Waals surface area contributed by atoms with Crippen LogP contribution in [0.1, 0.15) is 0 Å². The molecule has 5 nitrogen and oxygen atoms in total. The van der Waals surface area contributed by atoms with Gasteiger partial charge in [0.1, 0.15) is 0 Å². The summed E-state index contributed by atoms with van der Waals surface area (Å²) < 4.78 is 2.30. The van der Waals surface area contributed by atoms with Crippen LogP contribution >= 0.6 is 0 Å². The van der Waals surface area contributed by atoms with E-state index in [-0.39, 0.29) is 0 Å². The zero-order valence-electron chi connectivity index (χ0n) is 37.4. The molecule has 2 aromatic heterocycles. The van der Waals surface area contributed by atoms with E-state index in [4.69, 9.17) is 15.0 Å². The maximum absolute atomic E-state index is 5.41. The highest BCUT2D eigenvalue weighted by Crippen LogP contribution is 2.45. The summed E-state index contributed by atoms with van der Waals surface area (Å²) in [5.41, 5.74) is 14.7. The van der Waals surface area contributed by atoms with Crippen molar-refractivity contribution in [3.8, 4) is 62.1 Å². The minimum Gasteiger partial charge on any atom is -0.310 e. The summed E-state index contributed by atoms with van der Waals surface area (Å²) in [5.74, 6) is 1.80. The first-order chi connectivity index (χ1) is 34.2. The minimum atomic E-state index is -2.74. The predicted octanol–water partition coefficient (Wildman–Crippen LogP) is 12.8. The van der Waals surface area contributed by atoms with Crippen LogP contribution < -0.4 is 25.6 Å². The Bertz CT molecular complexity index is 3860. The summed E-state index contributed by atoms with van der Waals surface area (Å²) in [4.78, 5) is 18.3. The van der Waals surface area contributed by atoms with Crippen molar-refractivity contribution in [3.63, 3.8) is 0 Å². The standard InChI is InChI=1S/C63H41N5Si/c1-5-20-42(21-6-1)45-26-19-29-47(40-45)67(46-27-11-4-12-28-46)48-36-37-51-54(41-48)68(63-65-61(43-22-7-2-8-23-43)64-62(66-63)44-24-9-3-10-25-44)53-38-39-58-60(59(51)53)52-32-15-18-35-57(52)69(58)55-33-16-13-30-49(55)50-31-14-17-34-56(50)69/h1-41H. The third kappa shape index (κ3) is 5.92. The van der Waals surface area contributed by atoms with E-state index in [2.05, 4.69) is 222 Å². The molecule has 2 aliphatic rings. The summed E-state index contributed by atoms with van der Waals surface area (Å²) in [6, 6.07) is 89.9. The van der Waals surface area contributed by atoms with Crippen molar-refractivity contribution in [3.05, 3.63) is 249 Å². The average molecular weight is 896 g/mol. The number of nitrogens with zero attached hydrogens (tertiary/aromatic N) is 5. The Morgan fingerprint density at radius 1 is 0.333 bits per heavy atom. The van der Waals surface area contributed by atoms with E-state index in [9.17, 15) is 0 Å². The van der Waals surface area contributed by atoms with E-state index in [0.717, 1.165) is 50.2 Å². The third-order valence-corrected chi connectivity index (χ3v) is 19.2. The summed E-state index contributed by atoms with van der Waals surface area (Å²) in [6.07, 6.45) is 0. The van der Waals surface area contributed by atoms with Crippen LogP contribution in [-0.2, 0) is 0 Å². The number of aromatic nitrogens is 4. The molecule has 0 saturated heterocycles. The molecule has 0 fully saturated rings. The minimum absolute atomic E-state index is 0.562. The van der Waals surface area contributed by atoms with Crippen LogP contribution in [0.4, 0.5) is 17.1 Å². The second-order valence-corrected chi connectivity index (χ2v) is 21.6. The van der Waals surface area contributed by atoms with Crippen LogP contribution in [0.25, 0.3) is 83.9 Å². The number of hydrogen-bond acceptors (Lipinski definition) is 4. The Morgan fingerprint density at radius 2 is 0.826 bits per heavy atom. The summed E-state index contributed by atoms with van der Waals surface area (Å²) in [5, 5.41) is 8.11. The molecule has 0 unspecified atom stereocenters. The van der Waals surface area contributed by atoms with Crippen molar-refractivity contribution < 1.29 is 0 Å². The molecule has 14 rings (SSSR count). The Kier molecular flexibility index (Phi) is 8.84. The van der Waals surface area contributed by atoms with Gasteiger partial charge < -0.3 is 4.90 Å². The molecule has 0 bridgehead atoms. The van der Waals surface area contributed by atoms with E-state index in [0.29, 0.717) is 17.6 Å². The molecule has 0 radical (unpaired) electrons. The number of para-hydroxylation sites is 1. The quantitative estimate of drug-likeness (QED) is 0.150. The zero-order chi connectivity index (χ0) is 45.5. The maximum Gasteiger partial charge on any atom is 0.238 e. The lowest BCUT2D eigenvalue weighted by molar-refractivity contribution is 0.953. The third-order valence-electron chi connectivity index (χ3n) is 14.2. The zero-order valence-corrected chi connectivity index (χ0v) is 38.4. The second-order valence-electron chi connectivity index (χ2n) is 17.9. The summed E-state index contributed by atoms with van der Waals surface area (Å²) >= 11 is 0. The molecule has 1 spiro atoms. The van der Waals surface area contributed by atoms with E-state index in [1.807, 2.05) is 36.4 Å². The predicted molar refractivity (Wildman–Crippen MR) is 287 cm³/mol. The lowest BCUT2D eigenvalue weighted by Gasteiger charge is -2.27. The molecular weight excluding hydrogens is 855 g/mol. The van der Waals surface area contributed by atoms with Crippen molar-refractivity contribution >= 4 is 67.7 Å². The van der Waals surface area contributed by atoms with Crippen LogP contribution in [0.3, 0.4) is 0 Å². The molecule has 4 heterocycles. The van der Waals surface area contributed by atoms with Gasteiger partial charge in [-0.15, -0.1) is 0 Å². The first-order valence-corrected chi connectivity index (χ1v) is 25.5. The molecule has 0 saturated carbocycles. The number of anilines is 3. The molecule has 12 aromatic rings. The summed E-state index contributed by atoms with van der Waals surface area (Å²) in [7, 11) is -2.74. The van der Waals surface area contributed by atoms with E-state index >= 15 is 0 Å². The molecule has 0 N–H and O–H groups in total. The number of rotatable bonds is 7. The van der Waals surface area contributed by atoms with Crippen LogP contribution in [0, 0.1) is 0 Å².